The first-order chi connectivity index (χ1) is 16.9. The fourth-order valence-electron chi connectivity index (χ4n) is 7.04. The second-order valence-corrected chi connectivity index (χ2v) is 12.6. The molecule has 3 saturated carbocycles. The Bertz CT molecular complexity index is 858. The van der Waals surface area contributed by atoms with Crippen LogP contribution in [0.4, 0.5) is 0 Å². The van der Waals surface area contributed by atoms with Crippen molar-refractivity contribution in [2.24, 2.45) is 23.2 Å². The number of esters is 1. The quantitative estimate of drug-likeness (QED) is 0.237. The molecule has 0 amide bonds. The molecule has 0 heterocycles. The van der Waals surface area contributed by atoms with E-state index in [-0.39, 0.29) is 11.4 Å². The van der Waals surface area contributed by atoms with Crippen molar-refractivity contribution >= 4 is 21.9 Å². The molecule has 0 saturated heterocycles. The van der Waals surface area contributed by atoms with Crippen molar-refractivity contribution in [3.8, 4) is 0 Å². The van der Waals surface area contributed by atoms with E-state index in [0.717, 1.165) is 36.3 Å². The number of carbonyl (C=O) groups excluding carboxylic acids is 1. The Hall–Kier alpha value is -0.910. The lowest BCUT2D eigenvalue weighted by Gasteiger charge is -2.44. The van der Waals surface area contributed by atoms with Crippen molar-refractivity contribution in [3.63, 3.8) is 0 Å². The Balaban J connectivity index is 1.74. The molecule has 0 aromatic rings. The molecule has 198 valence electrons. The molecule has 3 aliphatic rings. The standard InChI is InChI=1S/C30H47BrO4/c1-21(7-5-16-29(2,3)34)26-13-14-27-23(8-6-17-30(26,27)4)9-10-24-19-25(32)12-11-22(24)15-18-35-28(33)20-31/h9-10,15,21,25-27,32,34H,5-8,11-14,16-20H2,1-4H3/b22-15+,23-9+,24-10-/t21-,25+,26-,27+,30-/m1/s1/i18T/t18?,21-,25+,26-,27+,30-. The van der Waals surface area contributed by atoms with Crippen LogP contribution in [-0.4, -0.2) is 39.8 Å². The molecule has 5 heteroatoms. The lowest BCUT2D eigenvalue weighted by molar-refractivity contribution is -0.139. The average Bonchev–Trinajstić information content (AvgIpc) is 3.15. The van der Waals surface area contributed by atoms with Crippen LogP contribution in [0.15, 0.2) is 34.9 Å². The largest absolute Gasteiger partial charge is 0.461 e. The second kappa shape index (κ2) is 12.6. The summed E-state index contributed by atoms with van der Waals surface area (Å²) in [5.74, 6) is 1.55. The topological polar surface area (TPSA) is 66.8 Å². The van der Waals surface area contributed by atoms with E-state index < -0.39 is 18.2 Å². The minimum atomic E-state index is -1.03. The van der Waals surface area contributed by atoms with Crippen LogP contribution < -0.4 is 0 Å². The van der Waals surface area contributed by atoms with E-state index in [4.69, 9.17) is 6.11 Å². The SMILES string of the molecule is [3H]C(\C=C1/CC[C@H](O)C/C1=C/C=C1\CCC[C@]2(C)[C@@H]([C@H](C)CCCC(C)(C)O)CC[C@@H]12)OC(=O)CBr. The number of halogens is 1. The Morgan fingerprint density at radius 1 is 1.29 bits per heavy atom. The highest BCUT2D eigenvalue weighted by molar-refractivity contribution is 9.09. The van der Waals surface area contributed by atoms with Gasteiger partial charge in [0.15, 0.2) is 0 Å². The van der Waals surface area contributed by atoms with Gasteiger partial charge in [-0.15, -0.1) is 0 Å². The maximum atomic E-state index is 11.5. The lowest BCUT2D eigenvalue weighted by Crippen LogP contribution is -2.36. The van der Waals surface area contributed by atoms with Gasteiger partial charge in [0, 0.05) is 0 Å². The van der Waals surface area contributed by atoms with Crippen molar-refractivity contribution < 1.29 is 21.1 Å². The molecule has 35 heavy (non-hydrogen) atoms. The maximum absolute atomic E-state index is 11.5. The molecule has 3 aliphatic carbocycles. The molecule has 3 rings (SSSR count). The van der Waals surface area contributed by atoms with E-state index in [1.54, 1.807) is 6.08 Å². The minimum absolute atomic E-state index is 0.0816. The van der Waals surface area contributed by atoms with Crippen LogP contribution in [0.3, 0.4) is 0 Å². The fraction of sp³-hybridized carbons (Fsp3) is 0.767. The molecule has 0 radical (unpaired) electrons. The highest BCUT2D eigenvalue weighted by atomic mass is 79.9. The number of alkyl halides is 1. The van der Waals surface area contributed by atoms with Crippen LogP contribution in [0.1, 0.15) is 99.7 Å². The first kappa shape index (κ1) is 27.1. The molecule has 0 bridgehead atoms. The van der Waals surface area contributed by atoms with E-state index in [1.807, 2.05) is 13.8 Å². The molecule has 1 unspecified atom stereocenters. The fourth-order valence-corrected chi connectivity index (χ4v) is 7.17. The number of ether oxygens (including phenoxy) is 1. The van der Waals surface area contributed by atoms with Crippen molar-refractivity contribution in [2.45, 2.75) is 110 Å². The Morgan fingerprint density at radius 3 is 2.77 bits per heavy atom. The van der Waals surface area contributed by atoms with Gasteiger partial charge in [-0.25, -0.2) is 0 Å². The van der Waals surface area contributed by atoms with E-state index in [9.17, 15) is 15.0 Å². The number of aliphatic hydroxyl groups excluding tert-OH is 1. The van der Waals surface area contributed by atoms with Crippen molar-refractivity contribution in [1.29, 1.82) is 0 Å². The Labute approximate surface area is 222 Å². The molecule has 0 aromatic heterocycles. The molecule has 0 aliphatic heterocycles. The van der Waals surface area contributed by atoms with Crippen molar-refractivity contribution in [1.82, 2.24) is 0 Å². The number of aliphatic hydroxyl groups is 2. The van der Waals surface area contributed by atoms with Crippen LogP contribution in [0, 0.1) is 23.2 Å². The highest BCUT2D eigenvalue weighted by Crippen LogP contribution is 2.60. The third kappa shape index (κ3) is 7.79. The van der Waals surface area contributed by atoms with Gasteiger partial charge in [-0.05, 0) is 112 Å². The predicted octanol–water partition coefficient (Wildman–Crippen LogP) is 7.04. The molecule has 6 atom stereocenters. The first-order valence-corrected chi connectivity index (χ1v) is 14.7. The van der Waals surface area contributed by atoms with Gasteiger partial charge < -0.3 is 14.9 Å². The molecule has 4 nitrogen and oxygen atoms in total. The van der Waals surface area contributed by atoms with Gasteiger partial charge in [0.2, 0.25) is 0 Å². The van der Waals surface area contributed by atoms with E-state index in [1.165, 1.54) is 37.7 Å². The van der Waals surface area contributed by atoms with Gasteiger partial charge in [0.25, 0.3) is 0 Å². The van der Waals surface area contributed by atoms with Gasteiger partial charge in [0.05, 0.1) is 13.1 Å². The van der Waals surface area contributed by atoms with Gasteiger partial charge >= 0.3 is 5.97 Å². The number of allylic oxidation sites excluding steroid dienone is 4. The van der Waals surface area contributed by atoms with Crippen LogP contribution in [-0.2, 0) is 9.53 Å². The Kier molecular flexibility index (Phi) is 9.74. The predicted molar refractivity (Wildman–Crippen MR) is 146 cm³/mol. The van der Waals surface area contributed by atoms with Crippen LogP contribution in [0.2, 0.25) is 0 Å². The van der Waals surface area contributed by atoms with Gasteiger partial charge in [0.1, 0.15) is 11.9 Å². The second-order valence-electron chi connectivity index (χ2n) is 12.1. The van der Waals surface area contributed by atoms with E-state index in [0.29, 0.717) is 36.5 Å². The minimum Gasteiger partial charge on any atom is -0.461 e. The highest BCUT2D eigenvalue weighted by Gasteiger charge is 2.50. The molecular weight excluding hydrogens is 504 g/mol. The van der Waals surface area contributed by atoms with Crippen molar-refractivity contribution in [3.05, 3.63) is 34.9 Å². The van der Waals surface area contributed by atoms with E-state index in [2.05, 4.69) is 41.9 Å². The summed E-state index contributed by atoms with van der Waals surface area (Å²) >= 11 is 3.08. The summed E-state index contributed by atoms with van der Waals surface area (Å²) < 4.78 is 13.2. The number of carbonyl (C=O) groups is 1. The molecular formula is C30H47BrO4. The smallest absolute Gasteiger partial charge is 0.316 e. The summed E-state index contributed by atoms with van der Waals surface area (Å²) in [7, 11) is 0. The zero-order valence-corrected chi connectivity index (χ0v) is 23.8. The van der Waals surface area contributed by atoms with Crippen LogP contribution in [0.25, 0.3) is 0 Å². The average molecular weight is 554 g/mol. The third-order valence-electron chi connectivity index (χ3n) is 8.86. The van der Waals surface area contributed by atoms with E-state index >= 15 is 0 Å². The zero-order valence-electron chi connectivity index (χ0n) is 23.2. The number of hydrogen-bond donors (Lipinski definition) is 2. The molecule has 0 spiro atoms. The third-order valence-corrected chi connectivity index (χ3v) is 9.32. The summed E-state index contributed by atoms with van der Waals surface area (Å²) in [4.78, 5) is 11.5. The van der Waals surface area contributed by atoms with Gasteiger partial charge in [-0.1, -0.05) is 60.3 Å². The zero-order chi connectivity index (χ0) is 26.5. The van der Waals surface area contributed by atoms with Crippen LogP contribution >= 0.6 is 15.9 Å². The normalized spacial score (nSPS) is 35.1. The van der Waals surface area contributed by atoms with Gasteiger partial charge in [-0.3, -0.25) is 4.79 Å². The monoisotopic (exact) mass is 552 g/mol. The van der Waals surface area contributed by atoms with Crippen molar-refractivity contribution in [2.75, 3.05) is 11.9 Å². The number of fused-ring (bicyclic) bond motifs is 1. The maximum Gasteiger partial charge on any atom is 0.316 e. The summed E-state index contributed by atoms with van der Waals surface area (Å²) in [6.07, 6.45) is 17.1. The summed E-state index contributed by atoms with van der Waals surface area (Å²) in [6, 6.07) is 0. The Morgan fingerprint density at radius 2 is 2.06 bits per heavy atom. The summed E-state index contributed by atoms with van der Waals surface area (Å²) in [5, 5.41) is 20.5. The molecule has 2 N–H and O–H groups in total. The number of hydrogen-bond acceptors (Lipinski definition) is 4. The number of rotatable bonds is 9. The summed E-state index contributed by atoms with van der Waals surface area (Å²) in [5.41, 5.74) is 3.37. The molecule has 3 fully saturated rings. The van der Waals surface area contributed by atoms with Gasteiger partial charge in [-0.2, -0.15) is 0 Å². The lowest BCUT2D eigenvalue weighted by atomic mass is 9.60. The summed E-state index contributed by atoms with van der Waals surface area (Å²) in [6.45, 7) is 7.72. The first-order valence-electron chi connectivity index (χ1n) is 14.2. The molecule has 0 aromatic carbocycles. The van der Waals surface area contributed by atoms with Crippen LogP contribution in [0.5, 0.6) is 0 Å².